The molecule has 8 heteroatoms. The first-order valence-electron chi connectivity index (χ1n) is 10.1. The monoisotopic (exact) mass is 433 g/mol. The lowest BCUT2D eigenvalue weighted by molar-refractivity contribution is 0.0597. The minimum Gasteiger partial charge on any atom is -0.496 e. The summed E-state index contributed by atoms with van der Waals surface area (Å²) in [6.45, 7) is 0.784. The Morgan fingerprint density at radius 3 is 2.66 bits per heavy atom. The van der Waals surface area contributed by atoms with E-state index in [1.165, 1.54) is 14.2 Å². The summed E-state index contributed by atoms with van der Waals surface area (Å²) in [5.74, 6) is 1.02. The van der Waals surface area contributed by atoms with Gasteiger partial charge in [-0.15, -0.1) is 0 Å². The van der Waals surface area contributed by atoms with Crippen LogP contribution in [0, 0.1) is 0 Å². The summed E-state index contributed by atoms with van der Waals surface area (Å²) in [4.78, 5) is 30.7. The van der Waals surface area contributed by atoms with E-state index in [0.717, 1.165) is 11.1 Å². The Labute approximate surface area is 185 Å². The van der Waals surface area contributed by atoms with Crippen molar-refractivity contribution < 1.29 is 23.8 Å². The lowest BCUT2D eigenvalue weighted by Gasteiger charge is -2.28. The minimum absolute atomic E-state index is 0.260. The number of rotatable bonds is 5. The van der Waals surface area contributed by atoms with Crippen LogP contribution in [0.4, 0.5) is 16.3 Å². The number of carbonyl (C=O) groups excluding carboxylic acids is 2. The number of aromatic nitrogens is 1. The van der Waals surface area contributed by atoms with Crippen molar-refractivity contribution in [3.63, 3.8) is 0 Å². The van der Waals surface area contributed by atoms with E-state index < -0.39 is 5.97 Å². The zero-order valence-electron chi connectivity index (χ0n) is 17.8. The molecule has 0 bridgehead atoms. The van der Waals surface area contributed by atoms with Gasteiger partial charge in [0.15, 0.2) is 11.6 Å². The molecule has 4 rings (SSSR count). The minimum atomic E-state index is -0.453. The van der Waals surface area contributed by atoms with Gasteiger partial charge >= 0.3 is 12.0 Å². The first-order chi connectivity index (χ1) is 15.6. The average molecular weight is 433 g/mol. The van der Waals surface area contributed by atoms with Gasteiger partial charge in [-0.25, -0.2) is 14.6 Å². The Hall–Kier alpha value is -4.07. The lowest BCUT2D eigenvalue weighted by atomic mass is 10.0. The number of hydrogen-bond donors (Lipinski definition) is 1. The highest BCUT2D eigenvalue weighted by Gasteiger charge is 2.25. The molecule has 2 amide bonds. The maximum absolute atomic E-state index is 12.8. The van der Waals surface area contributed by atoms with Crippen LogP contribution < -0.4 is 19.7 Å². The van der Waals surface area contributed by atoms with Crippen molar-refractivity contribution in [3.8, 4) is 11.5 Å². The van der Waals surface area contributed by atoms with Gasteiger partial charge in [0.25, 0.3) is 0 Å². The Balaban J connectivity index is 1.52. The van der Waals surface area contributed by atoms with Gasteiger partial charge in [-0.2, -0.15) is 0 Å². The predicted molar refractivity (Wildman–Crippen MR) is 120 cm³/mol. The number of urea groups is 1. The number of methoxy groups -OCH3 is 2. The van der Waals surface area contributed by atoms with Gasteiger partial charge in [-0.1, -0.05) is 24.3 Å². The van der Waals surface area contributed by atoms with Crippen molar-refractivity contribution in [2.24, 2.45) is 0 Å². The van der Waals surface area contributed by atoms with Crippen LogP contribution >= 0.6 is 0 Å². The van der Waals surface area contributed by atoms with Gasteiger partial charge < -0.3 is 19.5 Å². The van der Waals surface area contributed by atoms with Crippen molar-refractivity contribution in [1.82, 2.24) is 4.98 Å². The summed E-state index contributed by atoms with van der Waals surface area (Å²) in [5, 5.41) is 2.88. The molecule has 32 heavy (non-hydrogen) atoms. The van der Waals surface area contributed by atoms with Gasteiger partial charge in [0.1, 0.15) is 17.9 Å². The van der Waals surface area contributed by atoms with E-state index in [-0.39, 0.29) is 6.03 Å². The number of fused-ring (bicyclic) bond motifs is 1. The van der Waals surface area contributed by atoms with Gasteiger partial charge in [0, 0.05) is 11.9 Å². The number of benzene rings is 2. The number of hydrogen-bond acceptors (Lipinski definition) is 6. The maximum Gasteiger partial charge on any atom is 0.341 e. The van der Waals surface area contributed by atoms with Crippen molar-refractivity contribution in [2.45, 2.75) is 6.42 Å². The Morgan fingerprint density at radius 1 is 1.09 bits per heavy atom. The summed E-state index contributed by atoms with van der Waals surface area (Å²) in [5.41, 5.74) is 2.92. The highest BCUT2D eigenvalue weighted by atomic mass is 16.5. The summed E-state index contributed by atoms with van der Waals surface area (Å²) < 4.78 is 15.9. The Morgan fingerprint density at radius 2 is 1.91 bits per heavy atom. The van der Waals surface area contributed by atoms with E-state index in [9.17, 15) is 9.59 Å². The molecule has 0 radical (unpaired) electrons. The zero-order valence-corrected chi connectivity index (χ0v) is 17.8. The summed E-state index contributed by atoms with van der Waals surface area (Å²) in [6.07, 6.45) is 2.27. The molecule has 0 spiro atoms. The van der Waals surface area contributed by atoms with E-state index in [0.29, 0.717) is 48.1 Å². The van der Waals surface area contributed by atoms with Crippen LogP contribution in [-0.4, -0.2) is 44.4 Å². The normalized spacial score (nSPS) is 12.4. The van der Waals surface area contributed by atoms with Crippen molar-refractivity contribution in [3.05, 3.63) is 77.5 Å². The van der Waals surface area contributed by atoms with Crippen LogP contribution in [-0.2, 0) is 11.2 Å². The second-order valence-corrected chi connectivity index (χ2v) is 7.16. The van der Waals surface area contributed by atoms with E-state index in [4.69, 9.17) is 14.2 Å². The lowest BCUT2D eigenvalue weighted by Crippen LogP contribution is -2.41. The van der Waals surface area contributed by atoms with Crippen LogP contribution in [0.2, 0.25) is 0 Å². The molecular weight excluding hydrogens is 410 g/mol. The molecule has 0 fully saturated rings. The third-order valence-electron chi connectivity index (χ3n) is 5.07. The molecule has 164 valence electrons. The molecule has 1 aliphatic heterocycles. The molecule has 2 aromatic carbocycles. The van der Waals surface area contributed by atoms with Crippen LogP contribution in [0.3, 0.4) is 0 Å². The fraction of sp³-hybridized carbons (Fsp3) is 0.208. The molecule has 0 saturated carbocycles. The summed E-state index contributed by atoms with van der Waals surface area (Å²) in [7, 11) is 2.84. The Kier molecular flexibility index (Phi) is 6.21. The molecule has 8 nitrogen and oxygen atoms in total. The van der Waals surface area contributed by atoms with E-state index in [2.05, 4.69) is 10.3 Å². The summed E-state index contributed by atoms with van der Waals surface area (Å²) in [6, 6.07) is 16.2. The molecule has 0 saturated heterocycles. The topological polar surface area (TPSA) is 90.0 Å². The average Bonchev–Trinajstić information content (AvgIpc) is 2.83. The molecule has 1 N–H and O–H groups in total. The molecule has 1 aliphatic rings. The third kappa shape index (κ3) is 4.49. The zero-order chi connectivity index (χ0) is 22.5. The second kappa shape index (κ2) is 9.38. The molecule has 2 heterocycles. The van der Waals surface area contributed by atoms with Gasteiger partial charge in [0.05, 0.1) is 20.8 Å². The highest BCUT2D eigenvalue weighted by Crippen LogP contribution is 2.31. The molecule has 1 aromatic heterocycles. The molecule has 0 aliphatic carbocycles. The predicted octanol–water partition coefficient (Wildman–Crippen LogP) is 3.90. The SMILES string of the molecule is COC(=O)c1ccc(Cc2cnc3c(c2)OCCN3C(=O)Nc2ccccc2)cc1OC. The van der Waals surface area contributed by atoms with Crippen LogP contribution in [0.25, 0.3) is 0 Å². The molecule has 0 unspecified atom stereocenters. The van der Waals surface area contributed by atoms with Crippen molar-refractivity contribution >= 4 is 23.5 Å². The van der Waals surface area contributed by atoms with E-state index >= 15 is 0 Å². The number of carbonyl (C=O) groups is 2. The second-order valence-electron chi connectivity index (χ2n) is 7.16. The fourth-order valence-corrected chi connectivity index (χ4v) is 3.51. The van der Waals surface area contributed by atoms with E-state index in [1.807, 2.05) is 42.5 Å². The maximum atomic E-state index is 12.8. The number of ether oxygens (including phenoxy) is 3. The van der Waals surface area contributed by atoms with Gasteiger partial charge in [-0.05, 0) is 47.9 Å². The number of esters is 1. The van der Waals surface area contributed by atoms with Gasteiger partial charge in [-0.3, -0.25) is 4.90 Å². The van der Waals surface area contributed by atoms with Crippen molar-refractivity contribution in [1.29, 1.82) is 0 Å². The standard InChI is InChI=1S/C24H23N3O5/c1-30-20-13-16(8-9-19(20)23(28)31-2)12-17-14-21-22(25-15-17)27(10-11-32-21)24(29)26-18-6-4-3-5-7-18/h3-9,13-15H,10-12H2,1-2H3,(H,26,29). The smallest absolute Gasteiger partial charge is 0.341 e. The number of para-hydroxylation sites is 1. The number of amides is 2. The first kappa shape index (κ1) is 21.2. The van der Waals surface area contributed by atoms with E-state index in [1.54, 1.807) is 23.2 Å². The quantitative estimate of drug-likeness (QED) is 0.614. The number of nitrogens with zero attached hydrogens (tertiary/aromatic N) is 2. The number of nitrogens with one attached hydrogen (secondary N) is 1. The largest absolute Gasteiger partial charge is 0.496 e. The van der Waals surface area contributed by atoms with Crippen molar-refractivity contribution in [2.75, 3.05) is 37.6 Å². The van der Waals surface area contributed by atoms with Crippen LogP contribution in [0.5, 0.6) is 11.5 Å². The molecular formula is C24H23N3O5. The van der Waals surface area contributed by atoms with Gasteiger partial charge in [0.2, 0.25) is 0 Å². The van der Waals surface area contributed by atoms with Crippen LogP contribution in [0.1, 0.15) is 21.5 Å². The number of pyridine rings is 1. The highest BCUT2D eigenvalue weighted by molar-refractivity contribution is 6.02. The molecule has 0 atom stereocenters. The summed E-state index contributed by atoms with van der Waals surface area (Å²) >= 11 is 0. The third-order valence-corrected chi connectivity index (χ3v) is 5.07. The Bertz CT molecular complexity index is 1130. The van der Waals surface area contributed by atoms with Crippen LogP contribution in [0.15, 0.2) is 60.8 Å². The fourth-order valence-electron chi connectivity index (χ4n) is 3.51. The number of anilines is 2. The first-order valence-corrected chi connectivity index (χ1v) is 10.1. The molecule has 3 aromatic rings.